The number of nitrogens with zero attached hydrogens (tertiary/aromatic N) is 4. The molecule has 2 aromatic carbocycles. The zero-order valence-corrected chi connectivity index (χ0v) is 11.7. The summed E-state index contributed by atoms with van der Waals surface area (Å²) in [6.45, 7) is 2.12. The van der Waals surface area contributed by atoms with Crippen molar-refractivity contribution in [2.45, 2.75) is 13.3 Å². The Labute approximate surface area is 122 Å². The van der Waals surface area contributed by atoms with Crippen LogP contribution in [0.5, 0.6) is 0 Å². The summed E-state index contributed by atoms with van der Waals surface area (Å²) in [6, 6.07) is 13.4. The highest BCUT2D eigenvalue weighted by atomic mass is 15.5. The van der Waals surface area contributed by atoms with Gasteiger partial charge in [-0.1, -0.05) is 19.1 Å². The van der Waals surface area contributed by atoms with Crippen molar-refractivity contribution in [1.82, 2.24) is 20.2 Å². The van der Waals surface area contributed by atoms with Gasteiger partial charge in [0.25, 0.3) is 0 Å². The van der Waals surface area contributed by atoms with Crippen molar-refractivity contribution >= 4 is 11.4 Å². The van der Waals surface area contributed by atoms with Gasteiger partial charge in [-0.15, -0.1) is 5.10 Å². The number of aromatic nitrogens is 4. The second-order valence-electron chi connectivity index (χ2n) is 4.82. The van der Waals surface area contributed by atoms with Crippen LogP contribution in [0.2, 0.25) is 0 Å². The van der Waals surface area contributed by atoms with E-state index in [2.05, 4.69) is 34.6 Å². The predicted octanol–water partition coefficient (Wildman–Crippen LogP) is 2.06. The first-order chi connectivity index (χ1) is 10.2. The van der Waals surface area contributed by atoms with Crippen LogP contribution in [0.25, 0.3) is 17.1 Å². The number of rotatable bonds is 3. The smallest absolute Gasteiger partial charge is 0.187 e. The minimum atomic E-state index is 0.584. The molecular weight excluding hydrogens is 264 g/mol. The van der Waals surface area contributed by atoms with Gasteiger partial charge < -0.3 is 11.5 Å². The molecule has 0 amide bonds. The Morgan fingerprint density at radius 3 is 2.29 bits per heavy atom. The number of nitrogen functional groups attached to an aromatic ring is 2. The molecule has 0 radical (unpaired) electrons. The van der Waals surface area contributed by atoms with Gasteiger partial charge in [-0.3, -0.25) is 0 Å². The lowest BCUT2D eigenvalue weighted by Crippen LogP contribution is -2.01. The summed E-state index contributed by atoms with van der Waals surface area (Å²) in [6.07, 6.45) is 0.995. The highest BCUT2D eigenvalue weighted by molar-refractivity contribution is 5.68. The quantitative estimate of drug-likeness (QED) is 0.716. The number of hydrogen-bond acceptors (Lipinski definition) is 5. The van der Waals surface area contributed by atoms with Crippen LogP contribution in [0.1, 0.15) is 12.5 Å². The monoisotopic (exact) mass is 280 g/mol. The molecule has 106 valence electrons. The standard InChI is InChI=1S/C15H16N6/c1-2-10-3-5-14(6-4-10)21-15(18-19-20-21)11-7-12(16)9-13(17)8-11/h3-9H,2,16-17H2,1H3. The average molecular weight is 280 g/mol. The Morgan fingerprint density at radius 2 is 1.67 bits per heavy atom. The van der Waals surface area contributed by atoms with Gasteiger partial charge in [0.15, 0.2) is 5.82 Å². The van der Waals surface area contributed by atoms with Crippen LogP contribution in [0.15, 0.2) is 42.5 Å². The van der Waals surface area contributed by atoms with Crippen LogP contribution in [-0.4, -0.2) is 20.2 Å². The van der Waals surface area contributed by atoms with Gasteiger partial charge in [-0.2, -0.15) is 4.68 Å². The molecule has 6 nitrogen and oxygen atoms in total. The molecule has 0 fully saturated rings. The lowest BCUT2D eigenvalue weighted by molar-refractivity contribution is 0.791. The number of anilines is 2. The molecule has 3 aromatic rings. The molecule has 0 aliphatic heterocycles. The average Bonchev–Trinajstić information content (AvgIpc) is 2.96. The topological polar surface area (TPSA) is 95.6 Å². The molecule has 0 saturated heterocycles. The van der Waals surface area contributed by atoms with E-state index in [1.807, 2.05) is 12.1 Å². The van der Waals surface area contributed by atoms with E-state index in [4.69, 9.17) is 11.5 Å². The highest BCUT2D eigenvalue weighted by Crippen LogP contribution is 2.24. The second kappa shape index (κ2) is 5.24. The van der Waals surface area contributed by atoms with Gasteiger partial charge in [0.2, 0.25) is 0 Å². The van der Waals surface area contributed by atoms with Crippen molar-refractivity contribution in [3.05, 3.63) is 48.0 Å². The van der Waals surface area contributed by atoms with E-state index in [9.17, 15) is 0 Å². The maximum absolute atomic E-state index is 5.83. The molecule has 0 atom stereocenters. The van der Waals surface area contributed by atoms with Crippen LogP contribution in [0.4, 0.5) is 11.4 Å². The van der Waals surface area contributed by atoms with Gasteiger partial charge in [0, 0.05) is 16.9 Å². The van der Waals surface area contributed by atoms with Crippen LogP contribution in [-0.2, 0) is 6.42 Å². The third kappa shape index (κ3) is 2.55. The van der Waals surface area contributed by atoms with Crippen molar-refractivity contribution < 1.29 is 0 Å². The summed E-state index contributed by atoms with van der Waals surface area (Å²) in [5.41, 5.74) is 15.8. The zero-order valence-electron chi connectivity index (χ0n) is 11.7. The van der Waals surface area contributed by atoms with E-state index in [1.165, 1.54) is 5.56 Å². The van der Waals surface area contributed by atoms with Gasteiger partial charge in [-0.25, -0.2) is 0 Å². The second-order valence-corrected chi connectivity index (χ2v) is 4.82. The molecule has 0 saturated carbocycles. The normalized spacial score (nSPS) is 10.7. The number of aryl methyl sites for hydroxylation is 1. The van der Waals surface area contributed by atoms with Crippen molar-refractivity contribution in [2.24, 2.45) is 0 Å². The van der Waals surface area contributed by atoms with Crippen LogP contribution in [0.3, 0.4) is 0 Å². The molecule has 21 heavy (non-hydrogen) atoms. The zero-order chi connectivity index (χ0) is 14.8. The Balaban J connectivity index is 2.07. The van der Waals surface area contributed by atoms with Crippen molar-refractivity contribution in [3.63, 3.8) is 0 Å². The largest absolute Gasteiger partial charge is 0.399 e. The number of hydrogen-bond donors (Lipinski definition) is 2. The summed E-state index contributed by atoms with van der Waals surface area (Å²) >= 11 is 0. The fourth-order valence-corrected chi connectivity index (χ4v) is 2.22. The third-order valence-corrected chi connectivity index (χ3v) is 3.29. The molecule has 0 unspecified atom stereocenters. The van der Waals surface area contributed by atoms with E-state index in [0.29, 0.717) is 17.2 Å². The first-order valence-electron chi connectivity index (χ1n) is 6.71. The molecule has 0 spiro atoms. The molecule has 0 aliphatic rings. The first kappa shape index (κ1) is 13.1. The molecule has 6 heteroatoms. The number of nitrogens with two attached hydrogens (primary N) is 2. The SMILES string of the molecule is CCc1ccc(-n2nnnc2-c2cc(N)cc(N)c2)cc1. The Hall–Kier alpha value is -2.89. The van der Waals surface area contributed by atoms with Gasteiger partial charge in [0.1, 0.15) is 0 Å². The maximum atomic E-state index is 5.83. The first-order valence-corrected chi connectivity index (χ1v) is 6.71. The minimum Gasteiger partial charge on any atom is -0.399 e. The van der Waals surface area contributed by atoms with Crippen molar-refractivity contribution in [2.75, 3.05) is 11.5 Å². The lowest BCUT2D eigenvalue weighted by atomic mass is 10.1. The van der Waals surface area contributed by atoms with Crippen molar-refractivity contribution in [3.8, 4) is 17.1 Å². The number of benzene rings is 2. The minimum absolute atomic E-state index is 0.584. The summed E-state index contributed by atoms with van der Waals surface area (Å²) in [5.74, 6) is 0.609. The Bertz CT molecular complexity index is 740. The van der Waals surface area contributed by atoms with E-state index in [-0.39, 0.29) is 0 Å². The van der Waals surface area contributed by atoms with Crippen LogP contribution in [0, 0.1) is 0 Å². The van der Waals surface area contributed by atoms with E-state index >= 15 is 0 Å². The molecule has 0 bridgehead atoms. The van der Waals surface area contributed by atoms with Crippen LogP contribution < -0.4 is 11.5 Å². The molecule has 1 heterocycles. The van der Waals surface area contributed by atoms with E-state index < -0.39 is 0 Å². The molecule has 0 aliphatic carbocycles. The third-order valence-electron chi connectivity index (χ3n) is 3.29. The fraction of sp³-hybridized carbons (Fsp3) is 0.133. The van der Waals surface area contributed by atoms with Crippen molar-refractivity contribution in [1.29, 1.82) is 0 Å². The van der Waals surface area contributed by atoms with Gasteiger partial charge in [0.05, 0.1) is 5.69 Å². The summed E-state index contributed by atoms with van der Waals surface area (Å²) in [5, 5.41) is 11.9. The number of tetrazole rings is 1. The molecular formula is C15H16N6. The summed E-state index contributed by atoms with van der Waals surface area (Å²) < 4.78 is 1.67. The van der Waals surface area contributed by atoms with Gasteiger partial charge in [-0.05, 0) is 52.7 Å². The van der Waals surface area contributed by atoms with E-state index in [0.717, 1.165) is 17.7 Å². The predicted molar refractivity (Wildman–Crippen MR) is 82.8 cm³/mol. The Kier molecular flexibility index (Phi) is 3.27. The Morgan fingerprint density at radius 1 is 1.00 bits per heavy atom. The molecule has 1 aromatic heterocycles. The van der Waals surface area contributed by atoms with E-state index in [1.54, 1.807) is 22.9 Å². The van der Waals surface area contributed by atoms with Crippen LogP contribution >= 0.6 is 0 Å². The summed E-state index contributed by atoms with van der Waals surface area (Å²) in [4.78, 5) is 0. The highest BCUT2D eigenvalue weighted by Gasteiger charge is 2.11. The lowest BCUT2D eigenvalue weighted by Gasteiger charge is -2.07. The van der Waals surface area contributed by atoms with Gasteiger partial charge >= 0.3 is 0 Å². The fourth-order valence-electron chi connectivity index (χ4n) is 2.22. The summed E-state index contributed by atoms with van der Waals surface area (Å²) in [7, 11) is 0. The molecule has 4 N–H and O–H groups in total. The maximum Gasteiger partial charge on any atom is 0.187 e. The molecule has 3 rings (SSSR count).